The van der Waals surface area contributed by atoms with Gasteiger partial charge >= 0.3 is 6.03 Å². The molecule has 3 aromatic carbocycles. The van der Waals surface area contributed by atoms with Crippen molar-refractivity contribution < 1.29 is 43.7 Å². The molecule has 2 amide bonds. The van der Waals surface area contributed by atoms with Gasteiger partial charge in [0.2, 0.25) is 17.2 Å². The zero-order valence-electron chi connectivity index (χ0n) is 22.1. The predicted molar refractivity (Wildman–Crippen MR) is 160 cm³/mol. The van der Waals surface area contributed by atoms with Gasteiger partial charge in [-0.3, -0.25) is 13.7 Å². The Labute approximate surface area is 259 Å². The van der Waals surface area contributed by atoms with Crippen LogP contribution in [0.4, 0.5) is 39.4 Å². The average molecular weight is 702 g/mol. The zero-order chi connectivity index (χ0) is 33.2. The SMILES string of the molecule is NC(=O)Nc1cc(Nc2nc(Cl)nc(NCCS(=O)(=O)O)n2)ccc1N=Nc1cc2c(S(=O)(=O)O)cccc2cc1S(=O)(=O)O. The predicted octanol–water partition coefficient (Wildman–Crippen LogP) is 3.12. The first-order chi connectivity index (χ1) is 20.9. The molecule has 45 heavy (non-hydrogen) atoms. The number of carbonyl (C=O) groups is 1. The van der Waals surface area contributed by atoms with Crippen LogP contribution in [0.1, 0.15) is 0 Å². The van der Waals surface area contributed by atoms with Gasteiger partial charge in [-0.25, -0.2) is 4.79 Å². The van der Waals surface area contributed by atoms with Crippen LogP contribution < -0.4 is 21.7 Å². The molecule has 0 radical (unpaired) electrons. The standard InChI is InChI=1S/C22H20ClN9O10S3/c23-19-28-21(25-6-7-43(34,35)36)30-22(29-19)26-12-4-5-14(15(9-12)27-20(24)33)31-32-16-10-13-11(8-18(16)45(40,41)42)2-1-3-17(13)44(37,38)39/h1-5,8-10H,6-7H2,(H3,24,27,33)(H,34,35,36)(H,37,38,39)(H,40,41,42)(H2,25,26,28,29,30). The molecular formula is C22H20ClN9O10S3. The van der Waals surface area contributed by atoms with Crippen LogP contribution in [-0.4, -0.2) is 72.2 Å². The van der Waals surface area contributed by atoms with Crippen molar-refractivity contribution in [3.63, 3.8) is 0 Å². The van der Waals surface area contributed by atoms with Crippen molar-refractivity contribution in [1.29, 1.82) is 0 Å². The summed E-state index contributed by atoms with van der Waals surface area (Å²) in [7, 11) is -13.9. The summed E-state index contributed by atoms with van der Waals surface area (Å²) in [5, 5.41) is 15.0. The van der Waals surface area contributed by atoms with Crippen LogP contribution in [0.25, 0.3) is 10.8 Å². The van der Waals surface area contributed by atoms with Gasteiger partial charge in [0.15, 0.2) is 0 Å². The van der Waals surface area contributed by atoms with Crippen LogP contribution >= 0.6 is 11.6 Å². The van der Waals surface area contributed by atoms with E-state index in [1.165, 1.54) is 30.3 Å². The number of anilines is 4. The summed E-state index contributed by atoms with van der Waals surface area (Å²) in [6, 6.07) is 8.55. The van der Waals surface area contributed by atoms with Crippen molar-refractivity contribution in [1.82, 2.24) is 15.0 Å². The zero-order valence-corrected chi connectivity index (χ0v) is 25.4. The second-order valence-corrected chi connectivity index (χ2v) is 13.4. The maximum absolute atomic E-state index is 12.1. The third-order valence-corrected chi connectivity index (χ3v) is 8.19. The first-order valence-corrected chi connectivity index (χ1v) is 16.8. The molecule has 8 N–H and O–H groups in total. The first kappa shape index (κ1) is 33.3. The highest BCUT2D eigenvalue weighted by atomic mass is 35.5. The Morgan fingerprint density at radius 2 is 1.51 bits per heavy atom. The molecular weight excluding hydrogens is 682 g/mol. The number of benzene rings is 3. The quantitative estimate of drug-likeness (QED) is 0.0872. The number of carbonyl (C=O) groups excluding carboxylic acids is 1. The number of nitrogens with zero attached hydrogens (tertiary/aromatic N) is 5. The Kier molecular flexibility index (Phi) is 9.48. The third kappa shape index (κ3) is 8.98. The monoisotopic (exact) mass is 701 g/mol. The van der Waals surface area contributed by atoms with Crippen LogP contribution in [0.5, 0.6) is 0 Å². The largest absolute Gasteiger partial charge is 0.353 e. The molecule has 1 heterocycles. The van der Waals surface area contributed by atoms with Gasteiger partial charge < -0.3 is 21.7 Å². The van der Waals surface area contributed by atoms with E-state index in [0.29, 0.717) is 0 Å². The number of rotatable bonds is 11. The molecule has 19 nitrogen and oxygen atoms in total. The highest BCUT2D eigenvalue weighted by molar-refractivity contribution is 7.86. The Balaban J connectivity index is 1.71. The lowest BCUT2D eigenvalue weighted by Crippen LogP contribution is -2.19. The fraction of sp³-hybridized carbons (Fsp3) is 0.0909. The maximum atomic E-state index is 12.1. The molecule has 0 atom stereocenters. The minimum atomic E-state index is -4.91. The summed E-state index contributed by atoms with van der Waals surface area (Å²) in [4.78, 5) is 22.1. The second-order valence-electron chi connectivity index (χ2n) is 8.76. The number of azo groups is 1. The third-order valence-electron chi connectivity index (χ3n) is 5.50. The van der Waals surface area contributed by atoms with Crippen LogP contribution in [0, 0.1) is 0 Å². The number of aromatic nitrogens is 3. The Hall–Kier alpha value is -4.58. The van der Waals surface area contributed by atoms with E-state index in [4.69, 9.17) is 21.9 Å². The van der Waals surface area contributed by atoms with Crippen molar-refractivity contribution in [3.8, 4) is 0 Å². The number of nitrogens with one attached hydrogen (secondary N) is 3. The number of hydrogen-bond donors (Lipinski definition) is 7. The van der Waals surface area contributed by atoms with Crippen molar-refractivity contribution in [2.45, 2.75) is 9.79 Å². The fourth-order valence-electron chi connectivity index (χ4n) is 3.72. The normalized spacial score (nSPS) is 12.4. The van der Waals surface area contributed by atoms with Gasteiger partial charge in [-0.2, -0.15) is 40.2 Å². The van der Waals surface area contributed by atoms with Crippen LogP contribution in [0.15, 0.2) is 68.6 Å². The summed E-state index contributed by atoms with van der Waals surface area (Å²) >= 11 is 5.91. The minimum absolute atomic E-state index is 0.0402. The molecule has 23 heteroatoms. The van der Waals surface area contributed by atoms with E-state index in [2.05, 4.69) is 41.1 Å². The van der Waals surface area contributed by atoms with Gasteiger partial charge in [0.05, 0.1) is 11.4 Å². The molecule has 0 unspecified atom stereocenters. The number of nitrogens with two attached hydrogens (primary N) is 1. The number of fused-ring (bicyclic) bond motifs is 1. The summed E-state index contributed by atoms with van der Waals surface area (Å²) in [6.07, 6.45) is 0. The molecule has 0 saturated carbocycles. The molecule has 4 rings (SSSR count). The van der Waals surface area contributed by atoms with Crippen molar-refractivity contribution in [3.05, 3.63) is 53.8 Å². The molecule has 238 valence electrons. The van der Waals surface area contributed by atoms with Gasteiger partial charge in [0.25, 0.3) is 30.4 Å². The van der Waals surface area contributed by atoms with E-state index in [-0.39, 0.29) is 51.6 Å². The minimum Gasteiger partial charge on any atom is -0.353 e. The van der Waals surface area contributed by atoms with Gasteiger partial charge in [-0.05, 0) is 53.4 Å². The van der Waals surface area contributed by atoms with Crippen LogP contribution in [-0.2, 0) is 30.4 Å². The topological polar surface area (TPSA) is 306 Å². The van der Waals surface area contributed by atoms with Crippen molar-refractivity contribution in [2.24, 2.45) is 16.0 Å². The number of halogens is 1. The highest BCUT2D eigenvalue weighted by Crippen LogP contribution is 2.36. The molecule has 0 bridgehead atoms. The lowest BCUT2D eigenvalue weighted by molar-refractivity contribution is 0.259. The smallest absolute Gasteiger partial charge is 0.316 e. The molecule has 0 aliphatic heterocycles. The van der Waals surface area contributed by atoms with E-state index in [1.54, 1.807) is 0 Å². The highest BCUT2D eigenvalue weighted by Gasteiger charge is 2.21. The summed E-state index contributed by atoms with van der Waals surface area (Å²) in [6.45, 7) is -0.251. The Morgan fingerprint density at radius 1 is 0.844 bits per heavy atom. The van der Waals surface area contributed by atoms with Crippen LogP contribution in [0.2, 0.25) is 5.28 Å². The first-order valence-electron chi connectivity index (χ1n) is 11.9. The van der Waals surface area contributed by atoms with Crippen molar-refractivity contribution >= 4 is 93.4 Å². The summed E-state index contributed by atoms with van der Waals surface area (Å²) in [5.74, 6) is -0.902. The van der Waals surface area contributed by atoms with Gasteiger partial charge in [-0.1, -0.05) is 12.1 Å². The van der Waals surface area contributed by atoms with Gasteiger partial charge in [0.1, 0.15) is 21.2 Å². The molecule has 4 aromatic rings. The maximum Gasteiger partial charge on any atom is 0.316 e. The van der Waals surface area contributed by atoms with E-state index < -0.39 is 57.6 Å². The van der Waals surface area contributed by atoms with Crippen LogP contribution in [0.3, 0.4) is 0 Å². The lowest BCUT2D eigenvalue weighted by Gasteiger charge is -2.11. The summed E-state index contributed by atoms with van der Waals surface area (Å²) in [5.41, 5.74) is 4.80. The van der Waals surface area contributed by atoms with Gasteiger partial charge in [0, 0.05) is 17.6 Å². The Morgan fingerprint density at radius 3 is 2.16 bits per heavy atom. The van der Waals surface area contributed by atoms with Crippen molar-refractivity contribution in [2.75, 3.05) is 28.2 Å². The molecule has 0 fully saturated rings. The number of primary amides is 1. The average Bonchev–Trinajstić information content (AvgIpc) is 2.89. The van der Waals surface area contributed by atoms with E-state index in [0.717, 1.165) is 18.2 Å². The molecule has 1 aromatic heterocycles. The number of hydrogen-bond acceptors (Lipinski definition) is 14. The number of amides is 2. The van der Waals surface area contributed by atoms with E-state index in [1.807, 2.05) is 0 Å². The molecule has 0 aliphatic carbocycles. The molecule has 0 saturated heterocycles. The van der Waals surface area contributed by atoms with Gasteiger partial charge in [-0.15, -0.1) is 10.2 Å². The second kappa shape index (κ2) is 12.8. The van der Waals surface area contributed by atoms with E-state index >= 15 is 0 Å². The summed E-state index contributed by atoms with van der Waals surface area (Å²) < 4.78 is 98.1. The van der Waals surface area contributed by atoms with E-state index in [9.17, 15) is 39.2 Å². The molecule has 0 spiro atoms. The Bertz CT molecular complexity index is 2180. The number of urea groups is 1. The molecule has 0 aliphatic rings. The lowest BCUT2D eigenvalue weighted by atomic mass is 10.1. The fourth-order valence-corrected chi connectivity index (χ4v) is 5.59.